The Bertz CT molecular complexity index is 934. The van der Waals surface area contributed by atoms with Crippen LogP contribution in [0.25, 0.3) is 0 Å². The molecular formula is C21H21N3O2. The maximum Gasteiger partial charge on any atom is 0.322 e. The van der Waals surface area contributed by atoms with E-state index in [0.717, 1.165) is 28.1 Å². The fourth-order valence-corrected chi connectivity index (χ4v) is 3.77. The molecule has 2 aromatic rings. The average molecular weight is 347 g/mol. The number of nitrogens with zero attached hydrogens (tertiary/aromatic N) is 2. The molecule has 1 atom stereocenters. The molecule has 5 nitrogen and oxygen atoms in total. The van der Waals surface area contributed by atoms with Gasteiger partial charge in [-0.1, -0.05) is 42.0 Å². The third kappa shape index (κ3) is 2.47. The van der Waals surface area contributed by atoms with Crippen LogP contribution in [0.3, 0.4) is 0 Å². The third-order valence-electron chi connectivity index (χ3n) is 5.16. The van der Waals surface area contributed by atoms with Crippen molar-refractivity contribution in [3.05, 3.63) is 76.5 Å². The number of likely N-dealkylation sites (N-methyl/N-ethyl adjacent to an activating group) is 1. The lowest BCUT2D eigenvalue weighted by molar-refractivity contribution is -0.114. The third-order valence-corrected chi connectivity index (χ3v) is 5.16. The quantitative estimate of drug-likeness (QED) is 0.906. The number of nitrogens with one attached hydrogen (secondary N) is 1. The standard InChI is InChI=1S/C21H21N3O2/c1-13-9-10-16(14(2)11-13)19-18-17(23(3)21(26)22-19)12-24(20(18)25)15-7-5-4-6-8-15/h4-11,19H,12H2,1-3H3,(H,22,26). The maximum absolute atomic E-state index is 13.2. The van der Waals surface area contributed by atoms with Crippen molar-refractivity contribution in [1.29, 1.82) is 0 Å². The van der Waals surface area contributed by atoms with Gasteiger partial charge in [-0.25, -0.2) is 4.79 Å². The lowest BCUT2D eigenvalue weighted by Gasteiger charge is -2.31. The summed E-state index contributed by atoms with van der Waals surface area (Å²) in [6.07, 6.45) is 0. The minimum Gasteiger partial charge on any atom is -0.326 e. The lowest BCUT2D eigenvalue weighted by atomic mass is 9.91. The average Bonchev–Trinajstić information content (AvgIpc) is 2.97. The van der Waals surface area contributed by atoms with Gasteiger partial charge in [-0.3, -0.25) is 9.69 Å². The second-order valence-electron chi connectivity index (χ2n) is 6.89. The molecule has 1 N–H and O–H groups in total. The predicted molar refractivity (Wildman–Crippen MR) is 101 cm³/mol. The second kappa shape index (κ2) is 6.02. The van der Waals surface area contributed by atoms with E-state index in [9.17, 15) is 9.59 Å². The molecule has 0 bridgehead atoms. The lowest BCUT2D eigenvalue weighted by Crippen LogP contribution is -2.45. The maximum atomic E-state index is 13.2. The summed E-state index contributed by atoms with van der Waals surface area (Å²) in [6.45, 7) is 4.46. The van der Waals surface area contributed by atoms with E-state index in [1.807, 2.05) is 56.3 Å². The molecule has 0 radical (unpaired) electrons. The van der Waals surface area contributed by atoms with Crippen LogP contribution in [0.1, 0.15) is 22.7 Å². The van der Waals surface area contributed by atoms with E-state index < -0.39 is 6.04 Å². The van der Waals surface area contributed by atoms with Gasteiger partial charge in [-0.05, 0) is 37.1 Å². The fraction of sp³-hybridized carbons (Fsp3) is 0.238. The molecular weight excluding hydrogens is 326 g/mol. The number of hydrogen-bond acceptors (Lipinski definition) is 2. The van der Waals surface area contributed by atoms with Crippen molar-refractivity contribution >= 4 is 17.6 Å². The van der Waals surface area contributed by atoms with Crippen LogP contribution in [0.5, 0.6) is 0 Å². The molecule has 0 spiro atoms. The van der Waals surface area contributed by atoms with Crippen LogP contribution >= 0.6 is 0 Å². The number of carbonyl (C=O) groups is 2. The monoisotopic (exact) mass is 347 g/mol. The second-order valence-corrected chi connectivity index (χ2v) is 6.89. The number of para-hydroxylation sites is 1. The van der Waals surface area contributed by atoms with Gasteiger partial charge in [-0.2, -0.15) is 0 Å². The summed E-state index contributed by atoms with van der Waals surface area (Å²) in [5, 5.41) is 3.00. The molecule has 3 amide bonds. The number of anilines is 1. The molecule has 1 unspecified atom stereocenters. The normalized spacial score (nSPS) is 19.7. The van der Waals surface area contributed by atoms with Crippen LogP contribution < -0.4 is 10.2 Å². The van der Waals surface area contributed by atoms with Crippen molar-refractivity contribution in [3.8, 4) is 0 Å². The zero-order chi connectivity index (χ0) is 18.4. The van der Waals surface area contributed by atoms with Crippen LogP contribution in [0.15, 0.2) is 59.8 Å². The van der Waals surface area contributed by atoms with Gasteiger partial charge >= 0.3 is 6.03 Å². The van der Waals surface area contributed by atoms with Crippen LogP contribution in [-0.2, 0) is 4.79 Å². The number of aryl methyl sites for hydroxylation is 2. The van der Waals surface area contributed by atoms with Gasteiger partial charge in [0.15, 0.2) is 0 Å². The van der Waals surface area contributed by atoms with Gasteiger partial charge in [0.2, 0.25) is 0 Å². The molecule has 132 valence electrons. The van der Waals surface area contributed by atoms with Gasteiger partial charge in [-0.15, -0.1) is 0 Å². The van der Waals surface area contributed by atoms with E-state index in [1.54, 1.807) is 16.8 Å². The topological polar surface area (TPSA) is 52.7 Å². The highest BCUT2D eigenvalue weighted by Gasteiger charge is 2.43. The van der Waals surface area contributed by atoms with E-state index in [-0.39, 0.29) is 11.9 Å². The number of rotatable bonds is 2. The van der Waals surface area contributed by atoms with Crippen molar-refractivity contribution in [2.45, 2.75) is 19.9 Å². The molecule has 0 saturated heterocycles. The minimum absolute atomic E-state index is 0.0528. The van der Waals surface area contributed by atoms with Crippen molar-refractivity contribution in [1.82, 2.24) is 10.2 Å². The predicted octanol–water partition coefficient (Wildman–Crippen LogP) is 3.30. The van der Waals surface area contributed by atoms with E-state index in [2.05, 4.69) is 11.4 Å². The van der Waals surface area contributed by atoms with E-state index >= 15 is 0 Å². The van der Waals surface area contributed by atoms with Crippen molar-refractivity contribution in [2.24, 2.45) is 0 Å². The summed E-state index contributed by atoms with van der Waals surface area (Å²) < 4.78 is 0. The highest BCUT2D eigenvalue weighted by molar-refractivity contribution is 6.11. The van der Waals surface area contributed by atoms with Crippen molar-refractivity contribution in [3.63, 3.8) is 0 Å². The number of benzene rings is 2. The zero-order valence-electron chi connectivity index (χ0n) is 15.1. The van der Waals surface area contributed by atoms with Gasteiger partial charge in [0.1, 0.15) is 0 Å². The highest BCUT2D eigenvalue weighted by atomic mass is 16.2. The first-order valence-corrected chi connectivity index (χ1v) is 8.68. The molecule has 2 heterocycles. The van der Waals surface area contributed by atoms with Gasteiger partial charge in [0.05, 0.1) is 23.9 Å². The van der Waals surface area contributed by atoms with Gasteiger partial charge in [0.25, 0.3) is 5.91 Å². The molecule has 5 heteroatoms. The van der Waals surface area contributed by atoms with Crippen molar-refractivity contribution in [2.75, 3.05) is 18.5 Å². The molecule has 0 saturated carbocycles. The smallest absolute Gasteiger partial charge is 0.322 e. The summed E-state index contributed by atoms with van der Waals surface area (Å²) in [4.78, 5) is 29.0. The molecule has 0 fully saturated rings. The molecule has 2 aromatic carbocycles. The highest BCUT2D eigenvalue weighted by Crippen LogP contribution is 2.38. The molecule has 2 aliphatic rings. The summed E-state index contributed by atoms with van der Waals surface area (Å²) in [7, 11) is 1.71. The molecule has 26 heavy (non-hydrogen) atoms. The summed E-state index contributed by atoms with van der Waals surface area (Å²) in [5.74, 6) is -0.0528. The molecule has 4 rings (SSSR count). The fourth-order valence-electron chi connectivity index (χ4n) is 3.77. The molecule has 2 aliphatic heterocycles. The van der Waals surface area contributed by atoms with Gasteiger partial charge in [0, 0.05) is 12.7 Å². The summed E-state index contributed by atoms with van der Waals surface area (Å²) >= 11 is 0. The van der Waals surface area contributed by atoms with Crippen LogP contribution in [-0.4, -0.2) is 30.4 Å². The Kier molecular flexibility index (Phi) is 3.80. The Hall–Kier alpha value is -3.08. The van der Waals surface area contributed by atoms with Crippen molar-refractivity contribution < 1.29 is 9.59 Å². The zero-order valence-corrected chi connectivity index (χ0v) is 15.1. The van der Waals surface area contributed by atoms with Crippen LogP contribution in [0, 0.1) is 13.8 Å². The summed E-state index contributed by atoms with van der Waals surface area (Å²) in [6, 6.07) is 15.1. The Morgan fingerprint density at radius 1 is 1.04 bits per heavy atom. The Morgan fingerprint density at radius 3 is 2.46 bits per heavy atom. The number of amides is 3. The number of hydrogen-bond donors (Lipinski definition) is 1. The minimum atomic E-state index is -0.421. The number of urea groups is 1. The Morgan fingerprint density at radius 2 is 1.77 bits per heavy atom. The first-order valence-electron chi connectivity index (χ1n) is 8.68. The Balaban J connectivity index is 1.80. The Labute approximate surface area is 152 Å². The van der Waals surface area contributed by atoms with Gasteiger partial charge < -0.3 is 10.2 Å². The van der Waals surface area contributed by atoms with E-state index in [4.69, 9.17) is 0 Å². The van der Waals surface area contributed by atoms with Crippen LogP contribution in [0.2, 0.25) is 0 Å². The number of carbonyl (C=O) groups excluding carboxylic acids is 2. The van der Waals surface area contributed by atoms with E-state index in [1.165, 1.54) is 0 Å². The first kappa shape index (κ1) is 16.4. The summed E-state index contributed by atoms with van der Waals surface area (Å²) in [5.41, 5.74) is 5.46. The molecule has 0 aromatic heterocycles. The largest absolute Gasteiger partial charge is 0.326 e. The SMILES string of the molecule is Cc1ccc(C2NC(=O)N(C)C3=C2C(=O)N(c2ccccc2)C3)c(C)c1. The molecule has 0 aliphatic carbocycles. The van der Waals surface area contributed by atoms with Crippen LogP contribution in [0.4, 0.5) is 10.5 Å². The van der Waals surface area contributed by atoms with E-state index in [0.29, 0.717) is 12.1 Å². The first-order chi connectivity index (χ1) is 12.5.